The molecule has 13 heavy (non-hydrogen) atoms. The Hall–Kier alpha value is -1.19. The average Bonchev–Trinajstić information content (AvgIpc) is 2.21. The zero-order chi connectivity index (χ0) is 9.52. The van der Waals surface area contributed by atoms with Crippen LogP contribution in [0, 0.1) is 0 Å². The molecule has 70 valence electrons. The zero-order valence-electron chi connectivity index (χ0n) is 7.47. The second-order valence-corrected chi connectivity index (χ2v) is 2.54. The van der Waals surface area contributed by atoms with E-state index in [1.54, 1.807) is 0 Å². The second kappa shape index (κ2) is 5.45. The lowest BCUT2D eigenvalue weighted by Crippen LogP contribution is -2.16. The largest absolute Gasteiger partial charge is 0.350 e. The SMILES string of the molecule is COC(C=O)OCc1ccccc1. The van der Waals surface area contributed by atoms with Crippen LogP contribution in [0.25, 0.3) is 0 Å². The molecule has 0 saturated carbocycles. The first kappa shape index (κ1) is 9.89. The molecule has 1 aromatic rings. The Morgan fingerprint density at radius 3 is 2.62 bits per heavy atom. The van der Waals surface area contributed by atoms with Crippen LogP contribution in [0.2, 0.25) is 0 Å². The van der Waals surface area contributed by atoms with Crippen molar-refractivity contribution in [1.82, 2.24) is 0 Å². The Labute approximate surface area is 77.3 Å². The Kier molecular flexibility index (Phi) is 4.15. The van der Waals surface area contributed by atoms with Crippen LogP contribution in [0.15, 0.2) is 30.3 Å². The fourth-order valence-electron chi connectivity index (χ4n) is 0.915. The van der Waals surface area contributed by atoms with Crippen LogP contribution in [0.1, 0.15) is 5.56 Å². The number of hydrogen-bond donors (Lipinski definition) is 0. The van der Waals surface area contributed by atoms with Crippen LogP contribution in [-0.2, 0) is 20.9 Å². The lowest BCUT2D eigenvalue weighted by Gasteiger charge is -2.09. The van der Waals surface area contributed by atoms with E-state index in [-0.39, 0.29) is 0 Å². The van der Waals surface area contributed by atoms with Crippen molar-refractivity contribution >= 4 is 6.29 Å². The van der Waals surface area contributed by atoms with Gasteiger partial charge in [0.1, 0.15) is 0 Å². The molecule has 0 spiro atoms. The maximum atomic E-state index is 10.3. The van der Waals surface area contributed by atoms with Crippen LogP contribution < -0.4 is 0 Å². The number of aldehydes is 1. The molecule has 0 amide bonds. The Balaban J connectivity index is 2.38. The highest BCUT2D eigenvalue weighted by Gasteiger charge is 2.03. The summed E-state index contributed by atoms with van der Waals surface area (Å²) in [5.74, 6) is 0. The highest BCUT2D eigenvalue weighted by molar-refractivity contribution is 5.53. The van der Waals surface area contributed by atoms with Crippen LogP contribution in [0.3, 0.4) is 0 Å². The lowest BCUT2D eigenvalue weighted by molar-refractivity contribution is -0.153. The maximum absolute atomic E-state index is 10.3. The van der Waals surface area contributed by atoms with Crippen molar-refractivity contribution in [3.05, 3.63) is 35.9 Å². The van der Waals surface area contributed by atoms with Gasteiger partial charge in [-0.05, 0) is 5.56 Å². The van der Waals surface area contributed by atoms with E-state index in [1.807, 2.05) is 30.3 Å². The molecule has 0 aliphatic rings. The van der Waals surface area contributed by atoms with E-state index in [1.165, 1.54) is 7.11 Å². The number of benzene rings is 1. The summed E-state index contributed by atoms with van der Waals surface area (Å²) in [6.45, 7) is 0.387. The number of ether oxygens (including phenoxy) is 2. The standard InChI is InChI=1S/C10H12O3/c1-12-10(7-11)13-8-9-5-3-2-4-6-9/h2-7,10H,8H2,1H3. The van der Waals surface area contributed by atoms with Gasteiger partial charge in [0.25, 0.3) is 0 Å². The summed E-state index contributed by atoms with van der Waals surface area (Å²) in [5.41, 5.74) is 1.02. The van der Waals surface area contributed by atoms with Crippen molar-refractivity contribution in [1.29, 1.82) is 0 Å². The molecule has 0 fully saturated rings. The van der Waals surface area contributed by atoms with Gasteiger partial charge < -0.3 is 9.47 Å². The van der Waals surface area contributed by atoms with E-state index in [2.05, 4.69) is 0 Å². The third-order valence-electron chi connectivity index (χ3n) is 1.60. The molecule has 3 nitrogen and oxygen atoms in total. The molecule has 0 saturated heterocycles. The summed E-state index contributed by atoms with van der Waals surface area (Å²) in [6.07, 6.45) is -0.136. The monoisotopic (exact) mass is 180 g/mol. The smallest absolute Gasteiger partial charge is 0.214 e. The van der Waals surface area contributed by atoms with Gasteiger partial charge >= 0.3 is 0 Å². The van der Waals surface area contributed by atoms with Crippen molar-refractivity contribution in [2.45, 2.75) is 12.9 Å². The van der Waals surface area contributed by atoms with Crippen LogP contribution in [0.5, 0.6) is 0 Å². The van der Waals surface area contributed by atoms with Gasteiger partial charge in [-0.25, -0.2) is 0 Å². The number of rotatable bonds is 5. The van der Waals surface area contributed by atoms with Gasteiger partial charge in [-0.2, -0.15) is 0 Å². The van der Waals surface area contributed by atoms with Crippen LogP contribution in [-0.4, -0.2) is 19.7 Å². The van der Waals surface area contributed by atoms with E-state index in [4.69, 9.17) is 9.47 Å². The summed E-state index contributed by atoms with van der Waals surface area (Å²) in [7, 11) is 1.43. The molecule has 0 aliphatic heterocycles. The first-order valence-electron chi connectivity index (χ1n) is 4.00. The average molecular weight is 180 g/mol. The maximum Gasteiger partial charge on any atom is 0.214 e. The number of hydrogen-bond acceptors (Lipinski definition) is 3. The fourth-order valence-corrected chi connectivity index (χ4v) is 0.915. The minimum absolute atomic E-state index is 0.387. The summed E-state index contributed by atoms with van der Waals surface area (Å²) in [5, 5.41) is 0. The molecule has 1 atom stereocenters. The predicted octanol–water partition coefficient (Wildman–Crippen LogP) is 1.37. The summed E-state index contributed by atoms with van der Waals surface area (Å²) >= 11 is 0. The quantitative estimate of drug-likeness (QED) is 0.507. The van der Waals surface area contributed by atoms with E-state index < -0.39 is 6.29 Å². The first-order chi connectivity index (χ1) is 6.36. The minimum Gasteiger partial charge on any atom is -0.350 e. The zero-order valence-corrected chi connectivity index (χ0v) is 7.47. The van der Waals surface area contributed by atoms with Gasteiger partial charge in [-0.1, -0.05) is 30.3 Å². The summed E-state index contributed by atoms with van der Waals surface area (Å²) < 4.78 is 9.87. The van der Waals surface area contributed by atoms with Gasteiger partial charge in [-0.15, -0.1) is 0 Å². The van der Waals surface area contributed by atoms with Gasteiger partial charge in [0.2, 0.25) is 6.29 Å². The summed E-state index contributed by atoms with van der Waals surface area (Å²) in [4.78, 5) is 10.3. The van der Waals surface area contributed by atoms with Crippen LogP contribution >= 0.6 is 0 Å². The van der Waals surface area contributed by atoms with E-state index in [9.17, 15) is 4.79 Å². The van der Waals surface area contributed by atoms with Crippen molar-refractivity contribution < 1.29 is 14.3 Å². The molecule has 0 heterocycles. The molecule has 1 rings (SSSR count). The van der Waals surface area contributed by atoms with E-state index >= 15 is 0 Å². The molecule has 1 unspecified atom stereocenters. The van der Waals surface area contributed by atoms with Gasteiger partial charge in [-0.3, -0.25) is 4.79 Å². The normalized spacial score (nSPS) is 12.4. The molecule has 0 bridgehead atoms. The highest BCUT2D eigenvalue weighted by atomic mass is 16.7. The van der Waals surface area contributed by atoms with Crippen LogP contribution in [0.4, 0.5) is 0 Å². The molecule has 0 N–H and O–H groups in total. The number of carbonyl (C=O) groups excluding carboxylic acids is 1. The Bertz CT molecular complexity index is 246. The first-order valence-corrected chi connectivity index (χ1v) is 4.00. The molecule has 0 aromatic heterocycles. The third kappa shape index (κ3) is 3.36. The van der Waals surface area contributed by atoms with Gasteiger partial charge in [0.05, 0.1) is 6.61 Å². The molecule has 0 radical (unpaired) electrons. The second-order valence-electron chi connectivity index (χ2n) is 2.54. The Morgan fingerprint density at radius 2 is 2.08 bits per heavy atom. The Morgan fingerprint density at radius 1 is 1.38 bits per heavy atom. The molecule has 3 heteroatoms. The molecular formula is C10H12O3. The lowest BCUT2D eigenvalue weighted by atomic mass is 10.2. The molecule has 0 aliphatic carbocycles. The predicted molar refractivity (Wildman–Crippen MR) is 48.1 cm³/mol. The van der Waals surface area contributed by atoms with Crippen molar-refractivity contribution in [3.8, 4) is 0 Å². The third-order valence-corrected chi connectivity index (χ3v) is 1.60. The molecule has 1 aromatic carbocycles. The number of carbonyl (C=O) groups is 1. The van der Waals surface area contributed by atoms with E-state index in [0.29, 0.717) is 12.9 Å². The fraction of sp³-hybridized carbons (Fsp3) is 0.300. The molecular weight excluding hydrogens is 168 g/mol. The van der Waals surface area contributed by atoms with E-state index in [0.717, 1.165) is 5.56 Å². The van der Waals surface area contributed by atoms with Gasteiger partial charge in [0.15, 0.2) is 6.29 Å². The van der Waals surface area contributed by atoms with Crippen molar-refractivity contribution in [2.75, 3.05) is 7.11 Å². The summed E-state index contributed by atoms with van der Waals surface area (Å²) in [6, 6.07) is 9.62. The topological polar surface area (TPSA) is 35.5 Å². The highest BCUT2D eigenvalue weighted by Crippen LogP contribution is 2.02. The van der Waals surface area contributed by atoms with Crippen molar-refractivity contribution in [2.24, 2.45) is 0 Å². The van der Waals surface area contributed by atoms with Gasteiger partial charge in [0, 0.05) is 7.11 Å². The minimum atomic E-state index is -0.764. The van der Waals surface area contributed by atoms with Crippen molar-refractivity contribution in [3.63, 3.8) is 0 Å². The number of methoxy groups -OCH3 is 1.